The molecular weight excluding hydrogens is 340 g/mol. The Hall–Kier alpha value is -2.19. The molecule has 1 aliphatic heterocycles. The Morgan fingerprint density at radius 2 is 2.20 bits per heavy atom. The lowest BCUT2D eigenvalue weighted by atomic mass is 10.1. The molecule has 0 unspecified atom stereocenters. The van der Waals surface area contributed by atoms with E-state index in [1.54, 1.807) is 30.5 Å². The molecular formula is C17H22N4O3S. The molecule has 1 atom stereocenters. The third-order valence-electron chi connectivity index (χ3n) is 4.29. The second-order valence-corrected chi connectivity index (χ2v) is 7.70. The first-order valence-electron chi connectivity index (χ1n) is 8.39. The van der Waals surface area contributed by atoms with Crippen LogP contribution in [0.1, 0.15) is 24.7 Å². The van der Waals surface area contributed by atoms with Gasteiger partial charge in [0.2, 0.25) is 15.9 Å². The van der Waals surface area contributed by atoms with Gasteiger partial charge in [0.15, 0.2) is 0 Å². The molecule has 134 valence electrons. The topological polar surface area (TPSA) is 93.1 Å². The van der Waals surface area contributed by atoms with Crippen LogP contribution in [0.25, 0.3) is 0 Å². The number of benzene rings is 1. The average molecular weight is 362 g/mol. The van der Waals surface area contributed by atoms with Crippen molar-refractivity contribution in [3.63, 3.8) is 0 Å². The summed E-state index contributed by atoms with van der Waals surface area (Å²) in [5.41, 5.74) is 0.674. The van der Waals surface area contributed by atoms with Gasteiger partial charge in [-0.2, -0.15) is 4.72 Å². The first kappa shape index (κ1) is 17.6. The number of nitrogens with one attached hydrogen (secondary N) is 2. The molecule has 25 heavy (non-hydrogen) atoms. The number of amides is 1. The minimum Gasteiger partial charge on any atom is -0.355 e. The van der Waals surface area contributed by atoms with Gasteiger partial charge < -0.3 is 9.88 Å². The Labute approximate surface area is 147 Å². The van der Waals surface area contributed by atoms with Crippen molar-refractivity contribution in [1.29, 1.82) is 0 Å². The number of rotatable bonds is 6. The maximum atomic E-state index is 12.3. The molecule has 0 saturated carbocycles. The van der Waals surface area contributed by atoms with E-state index >= 15 is 0 Å². The van der Waals surface area contributed by atoms with Gasteiger partial charge in [0.25, 0.3) is 0 Å². The Morgan fingerprint density at radius 3 is 3.00 bits per heavy atom. The van der Waals surface area contributed by atoms with Crippen LogP contribution in [0.15, 0.2) is 41.6 Å². The van der Waals surface area contributed by atoms with Gasteiger partial charge >= 0.3 is 0 Å². The molecule has 8 heteroatoms. The molecule has 1 aliphatic rings. The maximum absolute atomic E-state index is 12.3. The Balaban J connectivity index is 1.54. The molecule has 1 amide bonds. The summed E-state index contributed by atoms with van der Waals surface area (Å²) >= 11 is 0. The van der Waals surface area contributed by atoms with E-state index in [0.717, 1.165) is 25.2 Å². The van der Waals surface area contributed by atoms with E-state index in [-0.39, 0.29) is 10.8 Å². The molecule has 0 radical (unpaired) electrons. The van der Waals surface area contributed by atoms with Gasteiger partial charge in [-0.05, 0) is 24.5 Å². The van der Waals surface area contributed by atoms with Crippen LogP contribution in [0, 0.1) is 0 Å². The summed E-state index contributed by atoms with van der Waals surface area (Å²) < 4.78 is 29.0. The number of hydrogen-bond acceptors (Lipinski definition) is 4. The van der Waals surface area contributed by atoms with Gasteiger partial charge in [0, 0.05) is 31.9 Å². The summed E-state index contributed by atoms with van der Waals surface area (Å²) in [5, 5.41) is 2.82. The van der Waals surface area contributed by atoms with E-state index < -0.39 is 16.1 Å². The van der Waals surface area contributed by atoms with Gasteiger partial charge in [-0.1, -0.05) is 25.1 Å². The minimum absolute atomic E-state index is 0.256. The number of nitrogens with zero attached hydrogens (tertiary/aromatic N) is 2. The van der Waals surface area contributed by atoms with Crippen LogP contribution < -0.4 is 10.0 Å². The lowest BCUT2D eigenvalue weighted by Gasteiger charge is -2.25. The number of carbonyl (C=O) groups is 1. The molecule has 0 bridgehead atoms. The van der Waals surface area contributed by atoms with Crippen LogP contribution in [0.2, 0.25) is 0 Å². The zero-order valence-electron chi connectivity index (χ0n) is 14.1. The smallest absolute Gasteiger partial charge is 0.241 e. The summed E-state index contributed by atoms with van der Waals surface area (Å²) in [6.45, 7) is 3.30. The first-order chi connectivity index (χ1) is 12.0. The van der Waals surface area contributed by atoms with Crippen molar-refractivity contribution >= 4 is 15.9 Å². The molecule has 0 saturated heterocycles. The Bertz CT molecular complexity index is 860. The summed E-state index contributed by atoms with van der Waals surface area (Å²) in [7, 11) is -3.63. The third kappa shape index (κ3) is 3.91. The molecule has 2 N–H and O–H groups in total. The average Bonchev–Trinajstić information content (AvgIpc) is 3.05. The molecule has 1 aromatic heterocycles. The van der Waals surface area contributed by atoms with Crippen molar-refractivity contribution in [2.75, 3.05) is 6.54 Å². The number of fused-ring (bicyclic) bond motifs is 1. The van der Waals surface area contributed by atoms with E-state index in [1.807, 2.05) is 13.1 Å². The first-order valence-corrected chi connectivity index (χ1v) is 9.87. The van der Waals surface area contributed by atoms with Crippen LogP contribution in [-0.2, 0) is 34.2 Å². The molecule has 2 heterocycles. The highest BCUT2D eigenvalue weighted by Gasteiger charge is 2.32. The monoisotopic (exact) mass is 362 g/mol. The van der Waals surface area contributed by atoms with Crippen molar-refractivity contribution in [3.05, 3.63) is 48.0 Å². The highest BCUT2D eigenvalue weighted by molar-refractivity contribution is 7.89. The quantitative estimate of drug-likeness (QED) is 0.745. The van der Waals surface area contributed by atoms with Crippen LogP contribution in [0.4, 0.5) is 0 Å². The number of hydrogen-bond donors (Lipinski definition) is 2. The maximum Gasteiger partial charge on any atom is 0.241 e. The second kappa shape index (κ2) is 7.37. The summed E-state index contributed by atoms with van der Waals surface area (Å²) in [5.74, 6) is 0.724. The fourth-order valence-corrected chi connectivity index (χ4v) is 4.48. The minimum atomic E-state index is -3.63. The molecule has 1 aromatic carbocycles. The van der Waals surface area contributed by atoms with Gasteiger partial charge in [0.05, 0.1) is 4.90 Å². The number of carbonyl (C=O) groups excluding carboxylic acids is 1. The van der Waals surface area contributed by atoms with Gasteiger partial charge in [-0.25, -0.2) is 13.4 Å². The van der Waals surface area contributed by atoms with Crippen LogP contribution >= 0.6 is 0 Å². The second-order valence-electron chi connectivity index (χ2n) is 6.02. The van der Waals surface area contributed by atoms with Crippen molar-refractivity contribution in [2.45, 2.75) is 43.7 Å². The van der Waals surface area contributed by atoms with E-state index in [9.17, 15) is 13.2 Å². The molecule has 7 nitrogen and oxygen atoms in total. The van der Waals surface area contributed by atoms with E-state index in [1.165, 1.54) is 0 Å². The molecule has 0 spiro atoms. The Morgan fingerprint density at radius 1 is 1.40 bits per heavy atom. The van der Waals surface area contributed by atoms with Crippen LogP contribution in [0.5, 0.6) is 0 Å². The molecule has 3 rings (SSSR count). The lowest BCUT2D eigenvalue weighted by molar-refractivity contribution is -0.122. The largest absolute Gasteiger partial charge is 0.355 e. The van der Waals surface area contributed by atoms with Crippen molar-refractivity contribution < 1.29 is 13.2 Å². The Kier molecular flexibility index (Phi) is 5.19. The van der Waals surface area contributed by atoms with E-state index in [2.05, 4.69) is 19.6 Å². The number of imidazole rings is 1. The van der Waals surface area contributed by atoms with Crippen LogP contribution in [0.3, 0.4) is 0 Å². The number of aryl methyl sites for hydroxylation is 2. The van der Waals surface area contributed by atoms with Gasteiger partial charge in [-0.3, -0.25) is 4.79 Å². The molecule has 2 aromatic rings. The normalized spacial score (nSPS) is 18.5. The third-order valence-corrected chi connectivity index (χ3v) is 5.87. The summed E-state index contributed by atoms with van der Waals surface area (Å²) in [4.78, 5) is 16.8. The highest BCUT2D eigenvalue weighted by atomic mass is 32.2. The summed E-state index contributed by atoms with van der Waals surface area (Å²) in [6.07, 6.45) is 5.68. The zero-order chi connectivity index (χ0) is 17.9. The van der Waals surface area contributed by atoms with Crippen molar-refractivity contribution in [3.8, 4) is 0 Å². The number of aromatic nitrogens is 2. The standard InChI is InChI=1S/C17H22N4O3S/c1-2-16-18-9-11-21(16)10-5-8-19-17(22)14-12-13-6-3-4-7-15(13)25(23,24)20-14/h3-4,6-7,9,11,14,20H,2,5,8,10,12H2,1H3,(H,19,22)/t14-/m1/s1. The zero-order valence-corrected chi connectivity index (χ0v) is 14.9. The van der Waals surface area contributed by atoms with E-state index in [0.29, 0.717) is 18.5 Å². The van der Waals surface area contributed by atoms with Crippen LogP contribution in [-0.4, -0.2) is 36.5 Å². The number of sulfonamides is 1. The highest BCUT2D eigenvalue weighted by Crippen LogP contribution is 2.22. The van der Waals surface area contributed by atoms with Crippen molar-refractivity contribution in [1.82, 2.24) is 19.6 Å². The van der Waals surface area contributed by atoms with E-state index in [4.69, 9.17) is 0 Å². The lowest BCUT2D eigenvalue weighted by Crippen LogP contribution is -2.50. The fourth-order valence-electron chi connectivity index (χ4n) is 3.04. The predicted molar refractivity (Wildman–Crippen MR) is 93.5 cm³/mol. The SMILES string of the molecule is CCc1nccn1CCCNC(=O)[C@H]1Cc2ccccc2S(=O)(=O)N1. The fraction of sp³-hybridized carbons (Fsp3) is 0.412. The predicted octanol–water partition coefficient (Wildman–Crippen LogP) is 0.855. The van der Waals surface area contributed by atoms with Gasteiger partial charge in [-0.15, -0.1) is 0 Å². The molecule has 0 aliphatic carbocycles. The van der Waals surface area contributed by atoms with Crippen molar-refractivity contribution in [2.24, 2.45) is 0 Å². The van der Waals surface area contributed by atoms with Gasteiger partial charge in [0.1, 0.15) is 11.9 Å². The molecule has 0 fully saturated rings. The summed E-state index contributed by atoms with van der Waals surface area (Å²) in [6, 6.07) is 6.01.